The number of hydrogen-bond acceptors (Lipinski definition) is 2. The van der Waals surface area contributed by atoms with Crippen molar-refractivity contribution in [2.24, 2.45) is 30.5 Å². The summed E-state index contributed by atoms with van der Waals surface area (Å²) in [5.74, 6) is 2.96. The van der Waals surface area contributed by atoms with E-state index in [-0.39, 0.29) is 0 Å². The second-order valence-corrected chi connectivity index (χ2v) is 7.03. The molecule has 4 aliphatic rings. The van der Waals surface area contributed by atoms with Crippen molar-refractivity contribution in [3.8, 4) is 0 Å². The lowest BCUT2D eigenvalue weighted by Gasteiger charge is -2.57. The smallest absolute Gasteiger partial charge is 0.0554 e. The van der Waals surface area contributed by atoms with Gasteiger partial charge in [-0.15, -0.1) is 0 Å². The van der Waals surface area contributed by atoms with Crippen LogP contribution >= 0.6 is 0 Å². The maximum Gasteiger partial charge on any atom is 0.0554 e. The van der Waals surface area contributed by atoms with Crippen LogP contribution in [0.5, 0.6) is 0 Å². The van der Waals surface area contributed by atoms with Crippen molar-refractivity contribution in [2.45, 2.75) is 50.5 Å². The molecule has 0 saturated heterocycles. The van der Waals surface area contributed by atoms with Crippen molar-refractivity contribution in [3.05, 3.63) is 17.5 Å². The molecule has 1 aromatic heterocycles. The topological polar surface area (TPSA) is 43.8 Å². The highest BCUT2D eigenvalue weighted by Crippen LogP contribution is 2.61. The Morgan fingerprint density at radius 3 is 2.28 bits per heavy atom. The average Bonchev–Trinajstić information content (AvgIpc) is 2.69. The zero-order chi connectivity index (χ0) is 12.3. The number of nitrogens with two attached hydrogens (primary N) is 1. The molecule has 4 aliphatic carbocycles. The SMILES string of the molecule is Cn1ncc(C23CC4CC(CC(C4)C2)C3)c1CN. The third-order valence-electron chi connectivity index (χ3n) is 5.86. The molecular formula is C15H23N3. The predicted molar refractivity (Wildman–Crippen MR) is 70.9 cm³/mol. The third-order valence-corrected chi connectivity index (χ3v) is 5.86. The van der Waals surface area contributed by atoms with Gasteiger partial charge in [-0.2, -0.15) is 5.10 Å². The van der Waals surface area contributed by atoms with E-state index in [9.17, 15) is 0 Å². The first-order valence-electron chi connectivity index (χ1n) is 7.41. The summed E-state index contributed by atoms with van der Waals surface area (Å²) in [6.07, 6.45) is 10.8. The first kappa shape index (κ1) is 11.0. The zero-order valence-corrected chi connectivity index (χ0v) is 11.2. The fourth-order valence-electron chi connectivity index (χ4n) is 5.59. The zero-order valence-electron chi connectivity index (χ0n) is 11.2. The normalized spacial score (nSPS) is 41.6. The quantitative estimate of drug-likeness (QED) is 0.869. The second-order valence-electron chi connectivity index (χ2n) is 7.03. The van der Waals surface area contributed by atoms with E-state index in [1.807, 2.05) is 11.7 Å². The van der Waals surface area contributed by atoms with Crippen molar-refractivity contribution in [2.75, 3.05) is 0 Å². The van der Waals surface area contributed by atoms with Crippen LogP contribution in [-0.2, 0) is 19.0 Å². The van der Waals surface area contributed by atoms with Crippen molar-refractivity contribution >= 4 is 0 Å². The number of aromatic nitrogens is 2. The molecular weight excluding hydrogens is 222 g/mol. The Kier molecular flexibility index (Phi) is 2.20. The standard InChI is InChI=1S/C15H23N3/c1-18-14(8-16)13(9-17-18)15-5-10-2-11(6-15)4-12(3-10)7-15/h9-12H,2-8,16H2,1H3. The molecule has 1 aromatic rings. The van der Waals surface area contributed by atoms with Gasteiger partial charge in [0.2, 0.25) is 0 Å². The van der Waals surface area contributed by atoms with E-state index in [0.29, 0.717) is 12.0 Å². The van der Waals surface area contributed by atoms with Crippen LogP contribution in [0.1, 0.15) is 49.8 Å². The highest BCUT2D eigenvalue weighted by atomic mass is 15.3. The molecule has 3 heteroatoms. The fourth-order valence-corrected chi connectivity index (χ4v) is 5.59. The van der Waals surface area contributed by atoms with Crippen molar-refractivity contribution in [3.63, 3.8) is 0 Å². The van der Waals surface area contributed by atoms with Crippen LogP contribution in [0.15, 0.2) is 6.20 Å². The minimum Gasteiger partial charge on any atom is -0.325 e. The lowest BCUT2D eigenvalue weighted by molar-refractivity contribution is -0.00562. The molecule has 98 valence electrons. The number of nitrogens with zero attached hydrogens (tertiary/aromatic N) is 2. The Labute approximate surface area is 109 Å². The summed E-state index contributed by atoms with van der Waals surface area (Å²) in [6.45, 7) is 0.633. The van der Waals surface area contributed by atoms with Gasteiger partial charge in [-0.25, -0.2) is 0 Å². The molecule has 4 saturated carbocycles. The van der Waals surface area contributed by atoms with Gasteiger partial charge in [0.25, 0.3) is 0 Å². The molecule has 5 rings (SSSR count). The maximum absolute atomic E-state index is 5.95. The average molecular weight is 245 g/mol. The molecule has 0 atom stereocenters. The van der Waals surface area contributed by atoms with Gasteiger partial charge in [-0.1, -0.05) is 0 Å². The number of aryl methyl sites for hydroxylation is 1. The number of rotatable bonds is 2. The predicted octanol–water partition coefficient (Wildman–Crippen LogP) is 2.35. The summed E-state index contributed by atoms with van der Waals surface area (Å²) in [5, 5.41) is 4.48. The van der Waals surface area contributed by atoms with Gasteiger partial charge in [0, 0.05) is 19.2 Å². The Bertz CT molecular complexity index is 439. The third kappa shape index (κ3) is 1.37. The molecule has 2 N–H and O–H groups in total. The molecule has 1 heterocycles. The monoisotopic (exact) mass is 245 g/mol. The summed E-state index contributed by atoms with van der Waals surface area (Å²) in [4.78, 5) is 0. The van der Waals surface area contributed by atoms with E-state index >= 15 is 0 Å². The van der Waals surface area contributed by atoms with Crippen LogP contribution in [0.2, 0.25) is 0 Å². The van der Waals surface area contributed by atoms with Gasteiger partial charge in [-0.05, 0) is 61.7 Å². The molecule has 0 unspecified atom stereocenters. The second kappa shape index (κ2) is 3.60. The molecule has 4 bridgehead atoms. The highest BCUT2D eigenvalue weighted by Gasteiger charge is 2.52. The lowest BCUT2D eigenvalue weighted by atomic mass is 9.48. The molecule has 0 aliphatic heterocycles. The Morgan fingerprint density at radius 1 is 1.22 bits per heavy atom. The summed E-state index contributed by atoms with van der Waals surface area (Å²) in [6, 6.07) is 0. The molecule has 0 spiro atoms. The van der Waals surface area contributed by atoms with Crippen molar-refractivity contribution in [1.82, 2.24) is 9.78 Å². The van der Waals surface area contributed by atoms with E-state index in [2.05, 4.69) is 11.3 Å². The summed E-state index contributed by atoms with van der Waals surface area (Å²) < 4.78 is 1.99. The van der Waals surface area contributed by atoms with Crippen LogP contribution < -0.4 is 5.73 Å². The van der Waals surface area contributed by atoms with Gasteiger partial charge >= 0.3 is 0 Å². The Morgan fingerprint density at radius 2 is 1.78 bits per heavy atom. The molecule has 4 fully saturated rings. The van der Waals surface area contributed by atoms with Crippen LogP contribution in [0.25, 0.3) is 0 Å². The van der Waals surface area contributed by atoms with E-state index in [4.69, 9.17) is 5.73 Å². The fraction of sp³-hybridized carbons (Fsp3) is 0.800. The Hall–Kier alpha value is -0.830. The minimum atomic E-state index is 0.442. The lowest BCUT2D eigenvalue weighted by Crippen LogP contribution is -2.48. The van der Waals surface area contributed by atoms with Crippen LogP contribution in [0, 0.1) is 17.8 Å². The van der Waals surface area contributed by atoms with Gasteiger partial charge in [0.15, 0.2) is 0 Å². The first-order chi connectivity index (χ1) is 8.70. The Balaban J connectivity index is 1.79. The summed E-state index contributed by atoms with van der Waals surface area (Å²) in [7, 11) is 2.03. The van der Waals surface area contributed by atoms with E-state index in [0.717, 1.165) is 17.8 Å². The largest absolute Gasteiger partial charge is 0.325 e. The van der Waals surface area contributed by atoms with Crippen LogP contribution in [-0.4, -0.2) is 9.78 Å². The van der Waals surface area contributed by atoms with Crippen molar-refractivity contribution in [1.29, 1.82) is 0 Å². The van der Waals surface area contributed by atoms with Gasteiger partial charge < -0.3 is 5.73 Å². The number of hydrogen-bond donors (Lipinski definition) is 1. The summed E-state index contributed by atoms with van der Waals surface area (Å²) in [5.41, 5.74) is 9.16. The first-order valence-corrected chi connectivity index (χ1v) is 7.41. The van der Waals surface area contributed by atoms with Crippen LogP contribution in [0.3, 0.4) is 0 Å². The minimum absolute atomic E-state index is 0.442. The summed E-state index contributed by atoms with van der Waals surface area (Å²) >= 11 is 0. The van der Waals surface area contributed by atoms with E-state index in [1.165, 1.54) is 49.8 Å². The molecule has 0 aromatic carbocycles. The molecule has 0 radical (unpaired) electrons. The van der Waals surface area contributed by atoms with Gasteiger partial charge in [-0.3, -0.25) is 4.68 Å². The molecule has 0 amide bonds. The van der Waals surface area contributed by atoms with Crippen LogP contribution in [0.4, 0.5) is 0 Å². The molecule has 18 heavy (non-hydrogen) atoms. The maximum atomic E-state index is 5.95. The molecule has 3 nitrogen and oxygen atoms in total. The van der Waals surface area contributed by atoms with Crippen molar-refractivity contribution < 1.29 is 0 Å². The van der Waals surface area contributed by atoms with Gasteiger partial charge in [0.1, 0.15) is 0 Å². The van der Waals surface area contributed by atoms with Gasteiger partial charge in [0.05, 0.1) is 11.9 Å². The van der Waals surface area contributed by atoms with E-state index < -0.39 is 0 Å². The van der Waals surface area contributed by atoms with E-state index in [1.54, 1.807) is 0 Å². The highest BCUT2D eigenvalue weighted by molar-refractivity contribution is 5.31.